The summed E-state index contributed by atoms with van der Waals surface area (Å²) in [5, 5.41) is 45.9. The molecule has 4 fully saturated rings. The van der Waals surface area contributed by atoms with Crippen molar-refractivity contribution in [3.63, 3.8) is 0 Å². The Balaban J connectivity index is 0.577. The third-order valence-electron chi connectivity index (χ3n) is 24.3. The molecule has 35 nitrogen and oxygen atoms in total. The summed E-state index contributed by atoms with van der Waals surface area (Å²) in [5.74, 6) is -7.40. The van der Waals surface area contributed by atoms with Crippen molar-refractivity contribution in [3.05, 3.63) is 84.0 Å². The minimum Gasteiger partial charge on any atom is -0.495 e. The molecule has 15 atom stereocenters. The Morgan fingerprint density at radius 1 is 0.690 bits per heavy atom. The number of amides is 3. The summed E-state index contributed by atoms with van der Waals surface area (Å²) in [5.41, 5.74) is 17.4. The smallest absolute Gasteiger partial charge is 0.407 e. The number of nitrogens with one attached hydrogen (secondary N) is 3. The number of nitrogen functional groups attached to an aromatic ring is 1. The molecule has 702 valence electrons. The van der Waals surface area contributed by atoms with Gasteiger partial charge in [0.2, 0.25) is 11.7 Å². The maximum Gasteiger partial charge on any atom is 0.407 e. The number of carbonyl (C=O) groups is 7. The molecular formula is C91H138N10O25. The summed E-state index contributed by atoms with van der Waals surface area (Å²) >= 11 is 0. The van der Waals surface area contributed by atoms with Crippen molar-refractivity contribution < 1.29 is 120 Å². The number of para-hydroxylation sites is 1. The predicted octanol–water partition coefficient (Wildman–Crippen LogP) is 7.37. The van der Waals surface area contributed by atoms with Crippen LogP contribution in [0.25, 0.3) is 27.8 Å². The standard InChI is InChI=1S/C91H138N10O25/c1-58-16-11-10-12-17-59(2)75(113-8)55-68-27-21-63(6)91(111,126-68)84(106)88(108)100-31-14-13-19-71(100)89(109)124-76(56-72(102)60(3)51-62(5)82(104)83(105)81(103)61(4)50-58)69(92)52-64-22-28-73(77(53-64)114-9)125-90(110)95-30-33-116-35-37-118-39-41-120-43-45-122-47-49-123-48-46-121-44-42-119-40-38-117-36-34-115-32-29-94-87(107)66-25-23-65(24-26-66)86-99-79(80-85(93)96-57-97-101(80)86)70-54-67-18-15-20-74(112-7)78(67)98-70/h10-12,15-18,20,51,54,57-58,60-61,63-66,68-69,71,73,75-77,82-83,98,104-105,111H,13-14,19,21-50,52-53,55-56,92H2,1-9H3,(H,94,107)(H,95,110)(H2,93,96,97)/b12-10+,16-11+,59-17+,62-51+/t58-,60-,61-,63-,64+,65-,66-,68+,69-,71+,73-,75+,76+,77-,82-,83+,91-/m1/s1. The van der Waals surface area contributed by atoms with E-state index >= 15 is 0 Å². The number of aromatic amines is 1. The zero-order chi connectivity index (χ0) is 90.5. The minimum absolute atomic E-state index is 0.00151. The van der Waals surface area contributed by atoms with Gasteiger partial charge in [-0.2, -0.15) is 5.10 Å². The van der Waals surface area contributed by atoms with Crippen molar-refractivity contribution in [3.8, 4) is 17.1 Å². The van der Waals surface area contributed by atoms with Crippen LogP contribution in [-0.4, -0.2) is 306 Å². The summed E-state index contributed by atoms with van der Waals surface area (Å²) in [6.45, 7) is 17.6. The number of Topliss-reactive ketones (excluding diaryl/α,β-unsaturated/α-hetero) is 3. The molecule has 2 bridgehead atoms. The number of rotatable bonds is 40. The molecule has 1 aromatic carbocycles. The zero-order valence-corrected chi connectivity index (χ0v) is 75.0. The summed E-state index contributed by atoms with van der Waals surface area (Å²) in [6.07, 6.45) is 11.2. The van der Waals surface area contributed by atoms with Crippen molar-refractivity contribution in [1.82, 2.24) is 40.1 Å². The van der Waals surface area contributed by atoms with Gasteiger partial charge in [-0.15, -0.1) is 0 Å². The highest BCUT2D eigenvalue weighted by atomic mass is 16.6. The number of hydrogen-bond acceptors (Lipinski definition) is 30. The average Bonchev–Trinajstić information content (AvgIpc) is 1.57. The fraction of sp³-hybridized carbons (Fsp3) is 0.692. The third kappa shape index (κ3) is 30.5. The Kier molecular flexibility index (Phi) is 42.9. The van der Waals surface area contributed by atoms with E-state index in [4.69, 9.17) is 87.5 Å². The highest BCUT2D eigenvalue weighted by Gasteiger charge is 2.53. The van der Waals surface area contributed by atoms with Crippen LogP contribution in [0.1, 0.15) is 156 Å². The molecule has 2 saturated heterocycles. The Labute approximate surface area is 739 Å². The number of aromatic nitrogens is 5. The Morgan fingerprint density at radius 2 is 1.31 bits per heavy atom. The molecular weight excluding hydrogens is 1630 g/mol. The first-order valence-electron chi connectivity index (χ1n) is 44.8. The summed E-state index contributed by atoms with van der Waals surface area (Å²) in [7, 11) is 4.70. The summed E-state index contributed by atoms with van der Waals surface area (Å²) in [4.78, 5) is 112. The number of fused-ring (bicyclic) bond motifs is 5. The number of benzene rings is 1. The summed E-state index contributed by atoms with van der Waals surface area (Å²) in [6, 6.07) is 5.63. The number of ether oxygens (including phenoxy) is 15. The lowest BCUT2D eigenvalue weighted by Crippen LogP contribution is -2.61. The molecule has 3 aliphatic heterocycles. The number of esters is 1. The van der Waals surface area contributed by atoms with Crippen LogP contribution in [0.2, 0.25) is 0 Å². The molecule has 3 amide bonds. The lowest BCUT2D eigenvalue weighted by atomic mass is 9.80. The second-order valence-electron chi connectivity index (χ2n) is 33.6. The van der Waals surface area contributed by atoms with Crippen molar-refractivity contribution in [2.24, 2.45) is 41.2 Å². The van der Waals surface area contributed by atoms with Crippen LogP contribution in [0.15, 0.2) is 78.2 Å². The first kappa shape index (κ1) is 102. The van der Waals surface area contributed by atoms with Crippen molar-refractivity contribution in [2.45, 2.75) is 211 Å². The fourth-order valence-corrected chi connectivity index (χ4v) is 16.9. The van der Waals surface area contributed by atoms with Crippen LogP contribution < -0.4 is 26.8 Å². The number of methoxy groups -OCH3 is 3. The van der Waals surface area contributed by atoms with E-state index in [0.29, 0.717) is 181 Å². The normalized spacial score (nSPS) is 28.4. The van der Waals surface area contributed by atoms with E-state index in [-0.39, 0.29) is 80.7 Å². The topological polar surface area (TPSA) is 457 Å². The van der Waals surface area contributed by atoms with Gasteiger partial charge in [0.05, 0.1) is 156 Å². The molecule has 3 aromatic heterocycles. The second-order valence-corrected chi connectivity index (χ2v) is 33.6. The number of aliphatic hydroxyl groups is 3. The number of nitrogens with two attached hydrogens (primary N) is 2. The van der Waals surface area contributed by atoms with Gasteiger partial charge < -0.3 is 118 Å². The van der Waals surface area contributed by atoms with Gasteiger partial charge in [-0.25, -0.2) is 24.1 Å². The minimum atomic E-state index is -2.51. The van der Waals surface area contributed by atoms with E-state index in [9.17, 15) is 48.9 Å². The van der Waals surface area contributed by atoms with Crippen LogP contribution in [0.4, 0.5) is 10.6 Å². The number of allylic oxidation sites excluding steroid dienone is 6. The molecule has 9 rings (SSSR count). The predicted molar refractivity (Wildman–Crippen MR) is 466 cm³/mol. The lowest BCUT2D eigenvalue weighted by Gasteiger charge is -2.42. The molecule has 0 radical (unpaired) electrons. The number of anilines is 1. The molecule has 10 N–H and O–H groups in total. The molecule has 35 heteroatoms. The quantitative estimate of drug-likeness (QED) is 0.00932. The highest BCUT2D eigenvalue weighted by Crippen LogP contribution is 2.42. The summed E-state index contributed by atoms with van der Waals surface area (Å²) < 4.78 is 87.9. The van der Waals surface area contributed by atoms with Gasteiger partial charge in [0.1, 0.15) is 65.4 Å². The van der Waals surface area contributed by atoms with Crippen LogP contribution in [0.3, 0.4) is 0 Å². The van der Waals surface area contributed by atoms with Gasteiger partial charge in [0.15, 0.2) is 11.6 Å². The number of aliphatic hydroxyl groups excluding tert-OH is 2. The van der Waals surface area contributed by atoms with Crippen LogP contribution >= 0.6 is 0 Å². The first-order chi connectivity index (χ1) is 60.8. The maximum absolute atomic E-state index is 14.6. The van der Waals surface area contributed by atoms with Gasteiger partial charge >= 0.3 is 12.1 Å². The van der Waals surface area contributed by atoms with Gasteiger partial charge in [-0.05, 0) is 139 Å². The Morgan fingerprint density at radius 3 is 1.92 bits per heavy atom. The monoisotopic (exact) mass is 1770 g/mol. The van der Waals surface area contributed by atoms with E-state index < -0.39 is 120 Å². The lowest BCUT2D eigenvalue weighted by molar-refractivity contribution is -0.265. The zero-order valence-electron chi connectivity index (χ0n) is 75.0. The Hall–Kier alpha value is -8.08. The number of H-pyrrole nitrogens is 1. The Bertz CT molecular complexity index is 4190. The molecule has 2 aliphatic carbocycles. The second kappa shape index (κ2) is 53.2. The van der Waals surface area contributed by atoms with E-state index in [1.165, 1.54) is 26.4 Å². The van der Waals surface area contributed by atoms with Crippen LogP contribution in [0, 0.1) is 35.5 Å². The number of hydrogen-bond donors (Lipinski definition) is 8. The van der Waals surface area contributed by atoms with Crippen molar-refractivity contribution in [1.29, 1.82) is 0 Å². The van der Waals surface area contributed by atoms with Crippen molar-refractivity contribution >= 4 is 63.5 Å². The van der Waals surface area contributed by atoms with Gasteiger partial charge in [-0.1, -0.05) is 76.3 Å². The van der Waals surface area contributed by atoms with Gasteiger partial charge in [-0.3, -0.25) is 24.0 Å². The van der Waals surface area contributed by atoms with Crippen LogP contribution in [-0.2, 0) is 95.1 Å². The number of ketones is 3. The molecule has 0 spiro atoms. The van der Waals surface area contributed by atoms with Gasteiger partial charge in [0.25, 0.3) is 11.7 Å². The number of cyclic esters (lactones) is 1. The number of carbonyl (C=O) groups excluding carboxylic acids is 7. The van der Waals surface area contributed by atoms with E-state index in [2.05, 4.69) is 25.7 Å². The third-order valence-corrected chi connectivity index (χ3v) is 24.3. The van der Waals surface area contributed by atoms with E-state index in [0.717, 1.165) is 64.3 Å². The number of piperidine rings is 1. The fourth-order valence-electron chi connectivity index (χ4n) is 16.9. The molecule has 5 aliphatic rings. The van der Waals surface area contributed by atoms with Crippen molar-refractivity contribution in [2.75, 3.05) is 166 Å². The number of nitrogens with zero attached hydrogens (tertiary/aromatic N) is 5. The molecule has 0 unspecified atom stereocenters. The number of imidazole rings is 1. The first-order valence-corrected chi connectivity index (χ1v) is 44.8. The maximum atomic E-state index is 14.6. The van der Waals surface area contributed by atoms with Gasteiger partial charge in [0, 0.05) is 87.7 Å². The molecule has 4 aromatic rings. The number of alkyl carbamates (subject to hydrolysis) is 1. The largest absolute Gasteiger partial charge is 0.495 e. The average molecular weight is 1770 g/mol. The van der Waals surface area contributed by atoms with Crippen LogP contribution in [0.5, 0.6) is 5.75 Å². The molecule has 6 heterocycles. The SMILES string of the molecule is COc1cccc2cc(-c3nc([C@H]4CC[C@H](C(=O)NCCOCCOCCOCCOCCOCCOCCOCCOCCOCCNC(=O)O[C@@H]5CC[C@@H](C[C@@H](N)[C@@H]6CC(=O)[C@H](C)/C=C(\C)[C@@H](O)[C@@H](O)C(=O)[C@H](C)C[C@H](C)/C=C/C=C/C=C(\C)[C@@H](OC)C[C@@H]7CC[C@@H](C)[C@@](O)(O7)C(=O)C(=O)N7CCCC[C@H]7C(=O)O6)C[C@H]5OC)CC4)n4ncnc(N)c34)[nH]c12. The van der Waals surface area contributed by atoms with E-state index in [1.54, 1.807) is 39.5 Å². The van der Waals surface area contributed by atoms with E-state index in [1.807, 2.05) is 68.5 Å². The molecule has 2 saturated carbocycles. The molecule has 126 heavy (non-hydrogen) atoms. The highest BCUT2D eigenvalue weighted by molar-refractivity contribution is 6.39.